The highest BCUT2D eigenvalue weighted by Gasteiger charge is 2.55. The number of benzene rings is 3. The smallest absolute Gasteiger partial charge is 0.419 e. The average Bonchev–Trinajstić information content (AvgIpc) is 3.08. The molecule has 1 aliphatic heterocycles. The van der Waals surface area contributed by atoms with E-state index in [9.17, 15) is 35.9 Å². The van der Waals surface area contributed by atoms with Crippen molar-refractivity contribution in [2.24, 2.45) is 10.7 Å². The van der Waals surface area contributed by atoms with Crippen LogP contribution in [-0.4, -0.2) is 42.3 Å². The van der Waals surface area contributed by atoms with Gasteiger partial charge >= 0.3 is 18.5 Å². The van der Waals surface area contributed by atoms with Crippen molar-refractivity contribution in [1.82, 2.24) is 4.90 Å². The number of nitrogens with two attached hydrogens (primary N) is 1. The van der Waals surface area contributed by atoms with Crippen LogP contribution in [-0.2, 0) is 15.1 Å². The summed E-state index contributed by atoms with van der Waals surface area (Å²) in [7, 11) is 1.18. The molecular formula is C25H17F6N3O4. The van der Waals surface area contributed by atoms with Crippen molar-refractivity contribution in [3.05, 3.63) is 83.9 Å². The summed E-state index contributed by atoms with van der Waals surface area (Å²) in [4.78, 5) is 30.5. The topological polar surface area (TPSA) is 94.2 Å². The summed E-state index contributed by atoms with van der Waals surface area (Å²) in [5.41, 5.74) is 2.29. The summed E-state index contributed by atoms with van der Waals surface area (Å²) in [5, 5.41) is 0. The second-order valence-electron chi connectivity index (χ2n) is 8.03. The van der Waals surface area contributed by atoms with Gasteiger partial charge in [-0.3, -0.25) is 9.69 Å². The highest BCUT2D eigenvalue weighted by molar-refractivity contribution is 6.10. The van der Waals surface area contributed by atoms with E-state index in [1.807, 2.05) is 0 Å². The zero-order valence-electron chi connectivity index (χ0n) is 19.3. The molecule has 0 spiro atoms. The number of likely N-dealkylation sites (N-methyl/N-ethyl adjacent to an activating group) is 1. The lowest BCUT2D eigenvalue weighted by atomic mass is 9.80. The Labute approximate surface area is 211 Å². The van der Waals surface area contributed by atoms with Crippen molar-refractivity contribution < 1.29 is 45.4 Å². The molecule has 198 valence electrons. The molecule has 7 nitrogen and oxygen atoms in total. The molecule has 13 heteroatoms. The Morgan fingerprint density at radius 1 is 0.921 bits per heavy atom. The molecule has 1 amide bonds. The minimum Gasteiger partial charge on any atom is -0.419 e. The van der Waals surface area contributed by atoms with E-state index in [1.54, 1.807) is 6.07 Å². The van der Waals surface area contributed by atoms with Crippen LogP contribution < -0.4 is 15.2 Å². The third-order valence-electron chi connectivity index (χ3n) is 5.65. The van der Waals surface area contributed by atoms with Gasteiger partial charge < -0.3 is 15.2 Å². The standard InChI is InChI=1S/C25H17F6N3O4/c1-34-20(35)23(33-22(34)32,15-10-6-3-7-11-15)18-17(37-21(36)24(26,27)28)13-12-16(14-8-4-2-5-9-14)19(18)38-25(29,30)31/h2-13H,1H3,(H2,32,33). The first-order chi connectivity index (χ1) is 17.8. The van der Waals surface area contributed by atoms with Crippen LogP contribution in [0.5, 0.6) is 11.5 Å². The zero-order chi connectivity index (χ0) is 27.9. The third kappa shape index (κ3) is 4.74. The van der Waals surface area contributed by atoms with Gasteiger partial charge in [-0.25, -0.2) is 9.79 Å². The number of hydrogen-bond acceptors (Lipinski definition) is 6. The summed E-state index contributed by atoms with van der Waals surface area (Å²) >= 11 is 0. The molecule has 0 saturated carbocycles. The Morgan fingerprint density at radius 3 is 2.00 bits per heavy atom. The number of aliphatic imine (C=N–C) groups is 1. The summed E-state index contributed by atoms with van der Waals surface area (Å²) in [6.07, 6.45) is -10.9. The van der Waals surface area contributed by atoms with E-state index in [4.69, 9.17) is 5.73 Å². The number of alkyl halides is 6. The lowest BCUT2D eigenvalue weighted by Gasteiger charge is -2.30. The number of ether oxygens (including phenoxy) is 2. The highest BCUT2D eigenvalue weighted by atomic mass is 19.4. The number of carbonyl (C=O) groups excluding carboxylic acids is 2. The fourth-order valence-electron chi connectivity index (χ4n) is 4.03. The number of esters is 1. The van der Waals surface area contributed by atoms with Gasteiger partial charge in [-0.05, 0) is 23.3 Å². The number of rotatable bonds is 5. The molecule has 0 bridgehead atoms. The molecule has 0 aromatic heterocycles. The van der Waals surface area contributed by atoms with Crippen LogP contribution in [0.1, 0.15) is 11.1 Å². The zero-order valence-corrected chi connectivity index (χ0v) is 19.3. The molecule has 2 N–H and O–H groups in total. The maximum Gasteiger partial charge on any atom is 0.573 e. The predicted octanol–water partition coefficient (Wildman–Crippen LogP) is 4.75. The Bertz CT molecular complexity index is 1410. The fraction of sp³-hybridized carbons (Fsp3) is 0.160. The van der Waals surface area contributed by atoms with Crippen molar-refractivity contribution in [3.63, 3.8) is 0 Å². The van der Waals surface area contributed by atoms with Gasteiger partial charge in [-0.15, -0.1) is 13.2 Å². The number of amides is 1. The van der Waals surface area contributed by atoms with E-state index in [2.05, 4.69) is 14.5 Å². The van der Waals surface area contributed by atoms with Crippen LogP contribution in [0, 0.1) is 0 Å². The van der Waals surface area contributed by atoms with Crippen molar-refractivity contribution in [2.45, 2.75) is 18.1 Å². The second kappa shape index (κ2) is 9.39. The molecule has 1 heterocycles. The maximum atomic E-state index is 13.8. The number of carbonyl (C=O) groups is 2. The van der Waals surface area contributed by atoms with E-state index >= 15 is 0 Å². The number of guanidine groups is 1. The monoisotopic (exact) mass is 537 g/mol. The first kappa shape index (κ1) is 26.5. The van der Waals surface area contributed by atoms with E-state index in [0.717, 1.165) is 17.0 Å². The summed E-state index contributed by atoms with van der Waals surface area (Å²) in [6.45, 7) is 0. The van der Waals surface area contributed by atoms with Crippen molar-refractivity contribution in [2.75, 3.05) is 7.05 Å². The van der Waals surface area contributed by atoms with Gasteiger partial charge in [0.05, 0.1) is 5.56 Å². The van der Waals surface area contributed by atoms with Crippen LogP contribution in [0.15, 0.2) is 77.8 Å². The molecule has 1 unspecified atom stereocenters. The van der Waals surface area contributed by atoms with Crippen LogP contribution in [0.25, 0.3) is 11.1 Å². The molecule has 0 saturated heterocycles. The maximum absolute atomic E-state index is 13.8. The van der Waals surface area contributed by atoms with E-state index in [0.29, 0.717) is 0 Å². The first-order valence-electron chi connectivity index (χ1n) is 10.7. The minimum atomic E-state index is -5.51. The van der Waals surface area contributed by atoms with Crippen LogP contribution in [0.2, 0.25) is 0 Å². The van der Waals surface area contributed by atoms with Crippen molar-refractivity contribution in [1.29, 1.82) is 0 Å². The lowest BCUT2D eigenvalue weighted by Crippen LogP contribution is -2.42. The Hall–Kier alpha value is -4.55. The molecule has 0 radical (unpaired) electrons. The lowest BCUT2D eigenvalue weighted by molar-refractivity contribution is -0.274. The molecule has 1 atom stereocenters. The number of halogens is 6. The number of hydrogen-bond donors (Lipinski definition) is 1. The van der Waals surface area contributed by atoms with Gasteiger partial charge in [0.25, 0.3) is 5.91 Å². The molecule has 1 aliphatic rings. The normalized spacial score (nSPS) is 17.8. The van der Waals surface area contributed by atoms with Crippen molar-refractivity contribution >= 4 is 17.8 Å². The molecule has 0 fully saturated rings. The van der Waals surface area contributed by atoms with E-state index in [1.165, 1.54) is 61.6 Å². The minimum absolute atomic E-state index is 0.0705. The molecule has 38 heavy (non-hydrogen) atoms. The average molecular weight is 537 g/mol. The van der Waals surface area contributed by atoms with Gasteiger partial charge in [0, 0.05) is 12.6 Å². The van der Waals surface area contributed by atoms with Crippen LogP contribution >= 0.6 is 0 Å². The largest absolute Gasteiger partial charge is 0.573 e. The van der Waals surface area contributed by atoms with E-state index in [-0.39, 0.29) is 16.7 Å². The van der Waals surface area contributed by atoms with Crippen LogP contribution in [0.3, 0.4) is 0 Å². The fourth-order valence-corrected chi connectivity index (χ4v) is 4.03. The predicted molar refractivity (Wildman–Crippen MR) is 122 cm³/mol. The molecule has 4 rings (SSSR count). The highest BCUT2D eigenvalue weighted by Crippen LogP contribution is 2.52. The van der Waals surface area contributed by atoms with Crippen molar-refractivity contribution in [3.8, 4) is 22.6 Å². The van der Waals surface area contributed by atoms with Gasteiger partial charge in [0.2, 0.25) is 5.54 Å². The molecule has 3 aromatic rings. The molecule has 0 aliphatic carbocycles. The quantitative estimate of drug-likeness (QED) is 0.288. The van der Waals surface area contributed by atoms with Gasteiger partial charge in [0.1, 0.15) is 11.5 Å². The van der Waals surface area contributed by atoms with Gasteiger partial charge in [-0.1, -0.05) is 60.7 Å². The molecular weight excluding hydrogens is 520 g/mol. The van der Waals surface area contributed by atoms with E-state index < -0.39 is 53.0 Å². The second-order valence-corrected chi connectivity index (χ2v) is 8.03. The summed E-state index contributed by atoms with van der Waals surface area (Å²) in [6, 6.07) is 16.3. The molecule has 3 aromatic carbocycles. The Kier molecular flexibility index (Phi) is 6.55. The Balaban J connectivity index is 2.17. The summed E-state index contributed by atoms with van der Waals surface area (Å²) in [5.74, 6) is -6.34. The number of nitrogens with zero attached hydrogens (tertiary/aromatic N) is 2. The SMILES string of the molecule is CN1C(=O)C(c2ccccc2)(c2c(OC(=O)C(F)(F)F)ccc(-c3ccccc3)c2OC(F)(F)F)N=C1N. The first-order valence-corrected chi connectivity index (χ1v) is 10.7. The van der Waals surface area contributed by atoms with Gasteiger partial charge in [-0.2, -0.15) is 13.2 Å². The summed E-state index contributed by atoms with van der Waals surface area (Å²) < 4.78 is 89.8. The van der Waals surface area contributed by atoms with Crippen LogP contribution in [0.4, 0.5) is 26.3 Å². The third-order valence-corrected chi connectivity index (χ3v) is 5.65. The Morgan fingerprint density at radius 2 is 1.50 bits per heavy atom. The van der Waals surface area contributed by atoms with Gasteiger partial charge in [0.15, 0.2) is 5.96 Å².